The van der Waals surface area contributed by atoms with Crippen LogP contribution in [0.4, 0.5) is 4.79 Å². The molecule has 1 unspecified atom stereocenters. The number of carboxylic acids is 1. The van der Waals surface area contributed by atoms with Gasteiger partial charge in [0.1, 0.15) is 6.61 Å². The largest absolute Gasteiger partial charge is 0.481 e. The van der Waals surface area contributed by atoms with Gasteiger partial charge in [0.25, 0.3) is 5.91 Å². The number of nitrogens with one attached hydrogen (secondary N) is 2. The van der Waals surface area contributed by atoms with Crippen molar-refractivity contribution in [3.63, 3.8) is 0 Å². The fourth-order valence-corrected chi connectivity index (χ4v) is 3.42. The fraction of sp³-hybridized carbons (Fsp3) is 0.261. The highest BCUT2D eigenvalue weighted by molar-refractivity contribution is 5.93. The molecule has 0 aromatic heterocycles. The van der Waals surface area contributed by atoms with Crippen molar-refractivity contribution >= 4 is 18.0 Å². The normalized spacial score (nSPS) is 12.5. The van der Waals surface area contributed by atoms with Crippen LogP contribution in [-0.2, 0) is 14.3 Å². The van der Waals surface area contributed by atoms with Gasteiger partial charge in [0, 0.05) is 12.5 Å². The van der Waals surface area contributed by atoms with Gasteiger partial charge in [-0.1, -0.05) is 54.5 Å². The smallest absolute Gasteiger partial charge is 0.407 e. The standard InChI is InChI=1S/C23H22N2O6/c26-15(12-22(28)29)13-25-21(27)10-5-11-24-23(30)31-14-20-18-8-3-1-6-16(18)17-7-2-4-9-19(17)20/h1-4,6-9,15,20,26H,11-14H2,(H,24,30)(H,25,27)(H,28,29). The number of aliphatic hydroxyl groups excluding tert-OH is 1. The van der Waals surface area contributed by atoms with Gasteiger partial charge in [-0.3, -0.25) is 9.59 Å². The Bertz CT molecular complexity index is 994. The van der Waals surface area contributed by atoms with Crippen LogP contribution in [0.15, 0.2) is 48.5 Å². The van der Waals surface area contributed by atoms with E-state index in [1.807, 2.05) is 36.4 Å². The summed E-state index contributed by atoms with van der Waals surface area (Å²) in [5.41, 5.74) is 4.49. The second kappa shape index (κ2) is 10.3. The lowest BCUT2D eigenvalue weighted by Gasteiger charge is -2.14. The molecule has 2 aromatic rings. The molecule has 0 saturated carbocycles. The number of hydrogen-bond donors (Lipinski definition) is 4. The molecule has 8 heteroatoms. The Morgan fingerprint density at radius 2 is 1.61 bits per heavy atom. The Hall–Kier alpha value is -3.83. The molecule has 8 nitrogen and oxygen atoms in total. The van der Waals surface area contributed by atoms with E-state index in [-0.39, 0.29) is 25.6 Å². The molecule has 0 saturated heterocycles. The molecule has 0 radical (unpaired) electrons. The summed E-state index contributed by atoms with van der Waals surface area (Å²) >= 11 is 0. The van der Waals surface area contributed by atoms with Crippen molar-refractivity contribution in [1.82, 2.24) is 10.6 Å². The van der Waals surface area contributed by atoms with Crippen LogP contribution in [0.1, 0.15) is 23.5 Å². The maximum Gasteiger partial charge on any atom is 0.407 e. The minimum atomic E-state index is -1.19. The highest BCUT2D eigenvalue weighted by Crippen LogP contribution is 2.44. The number of aliphatic carboxylic acids is 1. The molecule has 0 bridgehead atoms. The molecule has 1 aliphatic carbocycles. The SMILES string of the molecule is O=C(O)CC(O)CNC(=O)C#CCNC(=O)OCC1c2ccccc2-c2ccccc21. The van der Waals surface area contributed by atoms with Crippen molar-refractivity contribution < 1.29 is 29.3 Å². The van der Waals surface area contributed by atoms with Crippen LogP contribution in [-0.4, -0.2) is 54.0 Å². The first-order chi connectivity index (χ1) is 15.0. The van der Waals surface area contributed by atoms with Gasteiger partial charge in [-0.05, 0) is 28.2 Å². The summed E-state index contributed by atoms with van der Waals surface area (Å²) in [7, 11) is 0. The van der Waals surface area contributed by atoms with Gasteiger partial charge < -0.3 is 25.6 Å². The van der Waals surface area contributed by atoms with Crippen LogP contribution in [0.5, 0.6) is 0 Å². The van der Waals surface area contributed by atoms with Crippen LogP contribution < -0.4 is 10.6 Å². The Balaban J connectivity index is 1.44. The van der Waals surface area contributed by atoms with Crippen LogP contribution >= 0.6 is 0 Å². The average Bonchev–Trinajstić information content (AvgIpc) is 3.07. The summed E-state index contributed by atoms with van der Waals surface area (Å²) < 4.78 is 5.36. The van der Waals surface area contributed by atoms with Gasteiger partial charge in [-0.15, -0.1) is 0 Å². The molecule has 160 valence electrons. The number of fused-ring (bicyclic) bond motifs is 3. The van der Waals surface area contributed by atoms with E-state index >= 15 is 0 Å². The van der Waals surface area contributed by atoms with E-state index in [9.17, 15) is 19.5 Å². The molecule has 1 atom stereocenters. The van der Waals surface area contributed by atoms with Gasteiger partial charge in [-0.2, -0.15) is 0 Å². The highest BCUT2D eigenvalue weighted by Gasteiger charge is 2.28. The molecular formula is C23H22N2O6. The summed E-state index contributed by atoms with van der Waals surface area (Å²) in [5.74, 6) is 2.81. The van der Waals surface area contributed by atoms with E-state index in [4.69, 9.17) is 9.84 Å². The Morgan fingerprint density at radius 1 is 1.00 bits per heavy atom. The van der Waals surface area contributed by atoms with Crippen LogP contribution in [0.3, 0.4) is 0 Å². The summed E-state index contributed by atoms with van der Waals surface area (Å²) in [5, 5.41) is 22.6. The zero-order valence-corrected chi connectivity index (χ0v) is 16.6. The molecule has 2 amide bonds. The third kappa shape index (κ3) is 5.84. The topological polar surface area (TPSA) is 125 Å². The van der Waals surface area contributed by atoms with Crippen molar-refractivity contribution in [2.45, 2.75) is 18.4 Å². The quantitative estimate of drug-likeness (QED) is 0.501. The number of alkyl carbamates (subject to hydrolysis) is 1. The van der Waals surface area contributed by atoms with Crippen molar-refractivity contribution in [2.75, 3.05) is 19.7 Å². The summed E-state index contributed by atoms with van der Waals surface area (Å²) in [6.45, 7) is -0.142. The zero-order valence-electron chi connectivity index (χ0n) is 16.6. The first-order valence-electron chi connectivity index (χ1n) is 9.71. The maximum atomic E-state index is 12.0. The predicted molar refractivity (Wildman–Crippen MR) is 112 cm³/mol. The predicted octanol–water partition coefficient (Wildman–Crippen LogP) is 1.48. The van der Waals surface area contributed by atoms with E-state index in [1.54, 1.807) is 0 Å². The van der Waals surface area contributed by atoms with Gasteiger partial charge in [0.2, 0.25) is 0 Å². The first-order valence-corrected chi connectivity index (χ1v) is 9.71. The number of rotatable bonds is 7. The second-order valence-corrected chi connectivity index (χ2v) is 6.94. The molecule has 0 spiro atoms. The lowest BCUT2D eigenvalue weighted by atomic mass is 9.98. The lowest BCUT2D eigenvalue weighted by Crippen LogP contribution is -2.32. The van der Waals surface area contributed by atoms with E-state index in [0.717, 1.165) is 22.3 Å². The molecule has 0 fully saturated rings. The van der Waals surface area contributed by atoms with Crippen molar-refractivity contribution in [3.8, 4) is 23.0 Å². The Morgan fingerprint density at radius 3 is 2.23 bits per heavy atom. The number of ether oxygens (including phenoxy) is 1. The highest BCUT2D eigenvalue weighted by atomic mass is 16.5. The van der Waals surface area contributed by atoms with Crippen molar-refractivity contribution in [2.24, 2.45) is 0 Å². The third-order valence-corrected chi connectivity index (χ3v) is 4.78. The molecule has 3 rings (SSSR count). The minimum Gasteiger partial charge on any atom is -0.481 e. The number of hydrogen-bond acceptors (Lipinski definition) is 5. The average molecular weight is 422 g/mol. The number of benzene rings is 2. The number of aliphatic hydroxyl groups is 1. The molecule has 4 N–H and O–H groups in total. The van der Waals surface area contributed by atoms with Crippen LogP contribution in [0.2, 0.25) is 0 Å². The molecule has 0 heterocycles. The number of amides is 2. The van der Waals surface area contributed by atoms with Crippen LogP contribution in [0.25, 0.3) is 11.1 Å². The van der Waals surface area contributed by atoms with E-state index in [2.05, 4.69) is 34.6 Å². The fourth-order valence-electron chi connectivity index (χ4n) is 3.42. The Labute approximate surface area is 179 Å². The van der Waals surface area contributed by atoms with Crippen molar-refractivity contribution in [1.29, 1.82) is 0 Å². The van der Waals surface area contributed by atoms with E-state index in [1.165, 1.54) is 0 Å². The summed E-state index contributed by atoms with van der Waals surface area (Å²) in [6, 6.07) is 16.0. The van der Waals surface area contributed by atoms with Crippen molar-refractivity contribution in [3.05, 3.63) is 59.7 Å². The molecule has 1 aliphatic rings. The van der Waals surface area contributed by atoms with Gasteiger partial charge in [0.05, 0.1) is 19.1 Å². The molecular weight excluding hydrogens is 400 g/mol. The summed E-state index contributed by atoms with van der Waals surface area (Å²) in [4.78, 5) is 34.0. The molecule has 0 aliphatic heterocycles. The van der Waals surface area contributed by atoms with Gasteiger partial charge >= 0.3 is 12.1 Å². The van der Waals surface area contributed by atoms with Gasteiger partial charge in [0.15, 0.2) is 0 Å². The second-order valence-electron chi connectivity index (χ2n) is 6.94. The van der Waals surface area contributed by atoms with E-state index < -0.39 is 30.5 Å². The Kier molecular flexibility index (Phi) is 7.25. The van der Waals surface area contributed by atoms with Gasteiger partial charge in [-0.25, -0.2) is 4.79 Å². The number of carbonyl (C=O) groups is 3. The minimum absolute atomic E-state index is 0.0489. The molecule has 2 aromatic carbocycles. The molecule has 31 heavy (non-hydrogen) atoms. The lowest BCUT2D eigenvalue weighted by molar-refractivity contribution is -0.139. The number of carbonyl (C=O) groups excluding carboxylic acids is 2. The zero-order chi connectivity index (χ0) is 22.2. The third-order valence-electron chi connectivity index (χ3n) is 4.78. The number of carboxylic acid groups (broad SMARTS) is 1. The first kappa shape index (κ1) is 21.9. The monoisotopic (exact) mass is 422 g/mol. The van der Waals surface area contributed by atoms with E-state index in [0.29, 0.717) is 0 Å². The maximum absolute atomic E-state index is 12.0. The van der Waals surface area contributed by atoms with Crippen LogP contribution in [0, 0.1) is 11.8 Å². The summed E-state index contributed by atoms with van der Waals surface area (Å²) in [6.07, 6.45) is -2.31.